The fourth-order valence-corrected chi connectivity index (χ4v) is 2.60. The second kappa shape index (κ2) is 8.43. The van der Waals surface area contributed by atoms with Gasteiger partial charge in [-0.2, -0.15) is 0 Å². The molecule has 0 unspecified atom stereocenters. The number of amides is 2. The molecule has 126 valence electrons. The summed E-state index contributed by atoms with van der Waals surface area (Å²) in [5.41, 5.74) is 0.973. The predicted octanol–water partition coefficient (Wildman–Crippen LogP) is 1.72. The number of methoxy groups -OCH3 is 2. The molecule has 1 aromatic rings. The second-order valence-corrected chi connectivity index (χ2v) is 5.42. The first-order valence-electron chi connectivity index (χ1n) is 7.75. The molecule has 1 N–H and O–H groups in total. The maximum absolute atomic E-state index is 12.2. The van der Waals surface area contributed by atoms with E-state index in [0.717, 1.165) is 38.3 Å². The van der Waals surface area contributed by atoms with Gasteiger partial charge < -0.3 is 19.7 Å². The van der Waals surface area contributed by atoms with Crippen molar-refractivity contribution in [2.24, 2.45) is 0 Å². The first-order chi connectivity index (χ1) is 11.2. The van der Waals surface area contributed by atoms with Gasteiger partial charge in [-0.15, -0.1) is 6.58 Å². The number of nitrogens with one attached hydrogen (secondary N) is 1. The van der Waals surface area contributed by atoms with Crippen LogP contribution in [0.3, 0.4) is 0 Å². The minimum atomic E-state index is -0.0296. The molecule has 1 aliphatic heterocycles. The van der Waals surface area contributed by atoms with Crippen molar-refractivity contribution >= 4 is 6.03 Å². The molecule has 0 aromatic heterocycles. The Morgan fingerprint density at radius 3 is 2.52 bits per heavy atom. The van der Waals surface area contributed by atoms with Gasteiger partial charge in [0.2, 0.25) is 0 Å². The van der Waals surface area contributed by atoms with Crippen molar-refractivity contribution in [2.75, 3.05) is 46.9 Å². The standard InChI is InChI=1S/C17H25N3O3/c1-4-7-19-8-10-20(11-9-19)17(21)18-13-14-5-6-15(22-2)16(12-14)23-3/h4-6,12H,1,7-11,13H2,2-3H3,(H,18,21). The number of urea groups is 1. The van der Waals surface area contributed by atoms with Gasteiger partial charge in [-0.3, -0.25) is 4.90 Å². The van der Waals surface area contributed by atoms with Gasteiger partial charge in [-0.25, -0.2) is 4.79 Å². The molecule has 0 spiro atoms. The fourth-order valence-electron chi connectivity index (χ4n) is 2.60. The molecule has 0 radical (unpaired) electrons. The van der Waals surface area contributed by atoms with Crippen LogP contribution in [0.4, 0.5) is 4.79 Å². The molecule has 0 bridgehead atoms. The summed E-state index contributed by atoms with van der Waals surface area (Å²) in [6.07, 6.45) is 1.90. The minimum absolute atomic E-state index is 0.0296. The average Bonchev–Trinajstić information content (AvgIpc) is 2.60. The topological polar surface area (TPSA) is 54.0 Å². The Hall–Kier alpha value is -2.21. The number of carbonyl (C=O) groups excluding carboxylic acids is 1. The summed E-state index contributed by atoms with van der Waals surface area (Å²) in [7, 11) is 3.20. The third kappa shape index (κ3) is 4.63. The summed E-state index contributed by atoms with van der Waals surface area (Å²) in [5, 5.41) is 2.96. The molecule has 23 heavy (non-hydrogen) atoms. The molecule has 1 aromatic carbocycles. The average molecular weight is 319 g/mol. The summed E-state index contributed by atoms with van der Waals surface area (Å²) in [4.78, 5) is 16.4. The van der Waals surface area contributed by atoms with E-state index in [1.54, 1.807) is 14.2 Å². The second-order valence-electron chi connectivity index (χ2n) is 5.42. The summed E-state index contributed by atoms with van der Waals surface area (Å²) >= 11 is 0. The van der Waals surface area contributed by atoms with E-state index in [1.807, 2.05) is 29.2 Å². The molecule has 0 saturated carbocycles. The van der Waals surface area contributed by atoms with Crippen LogP contribution >= 0.6 is 0 Å². The molecular weight excluding hydrogens is 294 g/mol. The van der Waals surface area contributed by atoms with Gasteiger partial charge in [-0.05, 0) is 17.7 Å². The number of ether oxygens (including phenoxy) is 2. The van der Waals surface area contributed by atoms with Crippen molar-refractivity contribution in [1.29, 1.82) is 0 Å². The predicted molar refractivity (Wildman–Crippen MR) is 90.0 cm³/mol. The molecule has 6 nitrogen and oxygen atoms in total. The van der Waals surface area contributed by atoms with Crippen molar-refractivity contribution in [3.8, 4) is 11.5 Å². The number of rotatable bonds is 6. The lowest BCUT2D eigenvalue weighted by molar-refractivity contribution is 0.146. The zero-order valence-electron chi connectivity index (χ0n) is 13.9. The Morgan fingerprint density at radius 2 is 1.91 bits per heavy atom. The number of hydrogen-bond acceptors (Lipinski definition) is 4. The Morgan fingerprint density at radius 1 is 1.22 bits per heavy atom. The van der Waals surface area contributed by atoms with Crippen LogP contribution in [-0.4, -0.2) is 62.8 Å². The van der Waals surface area contributed by atoms with Crippen molar-refractivity contribution in [2.45, 2.75) is 6.54 Å². The third-order valence-corrected chi connectivity index (χ3v) is 3.94. The van der Waals surface area contributed by atoms with Crippen LogP contribution in [0.25, 0.3) is 0 Å². The molecule has 1 saturated heterocycles. The van der Waals surface area contributed by atoms with Crippen molar-refractivity contribution < 1.29 is 14.3 Å². The maximum atomic E-state index is 12.2. The van der Waals surface area contributed by atoms with Crippen LogP contribution in [0.2, 0.25) is 0 Å². The molecule has 1 aliphatic rings. The molecular formula is C17H25N3O3. The lowest BCUT2D eigenvalue weighted by atomic mass is 10.2. The number of hydrogen-bond donors (Lipinski definition) is 1. The Bertz CT molecular complexity index is 540. The molecule has 6 heteroatoms. The van der Waals surface area contributed by atoms with Crippen LogP contribution in [0.15, 0.2) is 30.9 Å². The highest BCUT2D eigenvalue weighted by Crippen LogP contribution is 2.27. The molecule has 1 fully saturated rings. The van der Waals surface area contributed by atoms with E-state index < -0.39 is 0 Å². The van der Waals surface area contributed by atoms with E-state index >= 15 is 0 Å². The first kappa shape index (κ1) is 17.1. The number of piperazine rings is 1. The maximum Gasteiger partial charge on any atom is 0.317 e. The highest BCUT2D eigenvalue weighted by Gasteiger charge is 2.20. The van der Waals surface area contributed by atoms with Crippen LogP contribution in [0.5, 0.6) is 11.5 Å². The van der Waals surface area contributed by atoms with Crippen LogP contribution in [0, 0.1) is 0 Å². The highest BCUT2D eigenvalue weighted by atomic mass is 16.5. The summed E-state index contributed by atoms with van der Waals surface area (Å²) in [5.74, 6) is 1.35. The van der Waals surface area contributed by atoms with E-state index in [2.05, 4.69) is 16.8 Å². The van der Waals surface area contributed by atoms with Gasteiger partial charge in [0.05, 0.1) is 14.2 Å². The van der Waals surface area contributed by atoms with Gasteiger partial charge >= 0.3 is 6.03 Å². The molecule has 0 atom stereocenters. The SMILES string of the molecule is C=CCN1CCN(C(=O)NCc2ccc(OC)c(OC)c2)CC1. The Balaban J connectivity index is 1.84. The van der Waals surface area contributed by atoms with E-state index in [-0.39, 0.29) is 6.03 Å². The zero-order chi connectivity index (χ0) is 16.7. The zero-order valence-corrected chi connectivity index (χ0v) is 13.9. The van der Waals surface area contributed by atoms with Gasteiger partial charge in [0.15, 0.2) is 11.5 Å². The van der Waals surface area contributed by atoms with Crippen molar-refractivity contribution in [3.63, 3.8) is 0 Å². The molecule has 1 heterocycles. The van der Waals surface area contributed by atoms with E-state index in [4.69, 9.17) is 9.47 Å². The third-order valence-electron chi connectivity index (χ3n) is 3.94. The molecule has 2 amide bonds. The van der Waals surface area contributed by atoms with Crippen LogP contribution in [-0.2, 0) is 6.54 Å². The van der Waals surface area contributed by atoms with Gasteiger partial charge in [0.1, 0.15) is 0 Å². The Kier molecular flexibility index (Phi) is 6.29. The van der Waals surface area contributed by atoms with Crippen LogP contribution in [0.1, 0.15) is 5.56 Å². The van der Waals surface area contributed by atoms with E-state index in [0.29, 0.717) is 18.0 Å². The monoisotopic (exact) mass is 319 g/mol. The normalized spacial score (nSPS) is 15.1. The Labute approximate surface area is 137 Å². The summed E-state index contributed by atoms with van der Waals surface area (Å²) in [6.45, 7) is 8.34. The van der Waals surface area contributed by atoms with Gasteiger partial charge in [0, 0.05) is 39.3 Å². The number of nitrogens with zero attached hydrogens (tertiary/aromatic N) is 2. The lowest BCUT2D eigenvalue weighted by Crippen LogP contribution is -2.51. The van der Waals surface area contributed by atoms with E-state index in [1.165, 1.54) is 0 Å². The highest BCUT2D eigenvalue weighted by molar-refractivity contribution is 5.74. The first-order valence-corrected chi connectivity index (χ1v) is 7.75. The molecule has 0 aliphatic carbocycles. The molecule has 2 rings (SSSR count). The van der Waals surface area contributed by atoms with Gasteiger partial charge in [-0.1, -0.05) is 12.1 Å². The summed E-state index contributed by atoms with van der Waals surface area (Å²) < 4.78 is 10.5. The minimum Gasteiger partial charge on any atom is -0.493 e. The number of carbonyl (C=O) groups is 1. The van der Waals surface area contributed by atoms with E-state index in [9.17, 15) is 4.79 Å². The van der Waals surface area contributed by atoms with Crippen molar-refractivity contribution in [3.05, 3.63) is 36.4 Å². The lowest BCUT2D eigenvalue weighted by Gasteiger charge is -2.34. The number of benzene rings is 1. The van der Waals surface area contributed by atoms with Crippen molar-refractivity contribution in [1.82, 2.24) is 15.1 Å². The summed E-state index contributed by atoms with van der Waals surface area (Å²) in [6, 6.07) is 5.61. The largest absolute Gasteiger partial charge is 0.493 e. The van der Waals surface area contributed by atoms with Crippen LogP contribution < -0.4 is 14.8 Å². The quantitative estimate of drug-likeness (QED) is 0.811. The fraction of sp³-hybridized carbons (Fsp3) is 0.471. The van der Waals surface area contributed by atoms with Gasteiger partial charge in [0.25, 0.3) is 0 Å². The smallest absolute Gasteiger partial charge is 0.317 e.